The highest BCUT2D eigenvalue weighted by molar-refractivity contribution is 6.30. The average molecular weight is 489 g/mol. The van der Waals surface area contributed by atoms with Gasteiger partial charge in [-0.3, -0.25) is 4.79 Å². The number of benzene rings is 2. The molecule has 4 rings (SSSR count). The van der Waals surface area contributed by atoms with Crippen LogP contribution in [0.4, 0.5) is 0 Å². The lowest BCUT2D eigenvalue weighted by molar-refractivity contribution is -0.157. The number of nitrogens with zero attached hydrogens (tertiary/aromatic N) is 2. The molecule has 2 heterocycles. The van der Waals surface area contributed by atoms with E-state index in [2.05, 4.69) is 36.9 Å². The zero-order chi connectivity index (χ0) is 24.6. The normalized spacial score (nSPS) is 14.1. The first kappa shape index (κ1) is 24.7. The van der Waals surface area contributed by atoms with Crippen molar-refractivity contribution in [3.05, 3.63) is 101 Å². The third kappa shape index (κ3) is 6.59. The van der Waals surface area contributed by atoms with E-state index in [4.69, 9.17) is 26.5 Å². The molecule has 1 aromatic heterocycles. The minimum Gasteiger partial charge on any atom is -0.481 e. The van der Waals surface area contributed by atoms with Crippen molar-refractivity contribution in [2.24, 2.45) is 0 Å². The zero-order valence-electron chi connectivity index (χ0n) is 19.6. The van der Waals surface area contributed by atoms with E-state index in [0.717, 1.165) is 54.0 Å². The van der Waals surface area contributed by atoms with Crippen molar-refractivity contribution in [2.75, 3.05) is 13.1 Å². The fraction of sp³-hybridized carbons (Fsp3) is 0.241. The molecule has 0 radical (unpaired) electrons. The molecule has 1 aliphatic rings. The number of hydrogen-bond donors (Lipinski definition) is 1. The maximum absolute atomic E-state index is 10.9. The second kappa shape index (κ2) is 11.8. The van der Waals surface area contributed by atoms with Crippen LogP contribution >= 0.6 is 11.6 Å². The molecule has 3 aromatic rings. The number of hydrogen-bond acceptors (Lipinski definition) is 4. The monoisotopic (exact) mass is 488 g/mol. The number of carbonyl (C=O) groups is 1. The Bertz CT molecular complexity index is 1190. The Morgan fingerprint density at radius 2 is 1.89 bits per heavy atom. The summed E-state index contributed by atoms with van der Waals surface area (Å²) < 4.78 is 0. The topological polar surface area (TPSA) is 62.7 Å². The van der Waals surface area contributed by atoms with Crippen LogP contribution in [0.15, 0.2) is 73.5 Å². The van der Waals surface area contributed by atoms with Gasteiger partial charge in [0.1, 0.15) is 6.26 Å². The summed E-state index contributed by atoms with van der Waals surface area (Å²) in [6, 6.07) is 20.1. The van der Waals surface area contributed by atoms with Crippen LogP contribution in [-0.4, -0.2) is 34.2 Å². The van der Waals surface area contributed by atoms with E-state index in [-0.39, 0.29) is 6.42 Å². The molecular formula is C29H29ClN2O3. The van der Waals surface area contributed by atoms with Crippen molar-refractivity contribution in [3.63, 3.8) is 0 Å². The molecule has 0 bridgehead atoms. The van der Waals surface area contributed by atoms with E-state index >= 15 is 0 Å². The standard InChI is InChI=1S/C29H29ClN2O3/c1-2-27-23(16-17-35-32-19-25(20-32)21-8-4-3-5-9-21)18-24(10-6-7-11-28(33)34)29(31-27)22-12-14-26(30)15-13-22/h2-5,8-9,12-18,25H,1,6-7,10-11,19-20H2,(H,33,34)/b17-16+. The van der Waals surface area contributed by atoms with Crippen molar-refractivity contribution >= 4 is 29.7 Å². The summed E-state index contributed by atoms with van der Waals surface area (Å²) in [4.78, 5) is 21.6. The number of aryl methyl sites for hydroxylation is 1. The highest BCUT2D eigenvalue weighted by atomic mass is 35.5. The van der Waals surface area contributed by atoms with E-state index in [0.29, 0.717) is 17.4 Å². The van der Waals surface area contributed by atoms with Crippen molar-refractivity contribution in [3.8, 4) is 11.3 Å². The smallest absolute Gasteiger partial charge is 0.303 e. The molecule has 2 aromatic carbocycles. The van der Waals surface area contributed by atoms with E-state index in [1.807, 2.05) is 41.5 Å². The summed E-state index contributed by atoms with van der Waals surface area (Å²) in [5, 5.41) is 11.6. The van der Waals surface area contributed by atoms with Gasteiger partial charge in [-0.05, 0) is 60.7 Å². The van der Waals surface area contributed by atoms with Crippen LogP contribution in [0.5, 0.6) is 0 Å². The van der Waals surface area contributed by atoms with Gasteiger partial charge in [0.05, 0.1) is 11.4 Å². The number of pyridine rings is 1. The number of aliphatic carboxylic acids is 1. The Morgan fingerprint density at radius 3 is 2.57 bits per heavy atom. The molecule has 0 amide bonds. The third-order valence-electron chi connectivity index (χ3n) is 6.14. The number of aromatic nitrogens is 1. The average Bonchev–Trinajstić information content (AvgIpc) is 2.84. The Balaban J connectivity index is 1.48. The molecule has 0 atom stereocenters. The number of carboxylic acids is 1. The second-order valence-corrected chi connectivity index (χ2v) is 9.08. The fourth-order valence-corrected chi connectivity index (χ4v) is 4.30. The van der Waals surface area contributed by atoms with E-state index in [9.17, 15) is 4.79 Å². The molecule has 0 spiro atoms. The second-order valence-electron chi connectivity index (χ2n) is 8.65. The molecule has 0 saturated carbocycles. The minimum atomic E-state index is -0.774. The molecule has 1 saturated heterocycles. The van der Waals surface area contributed by atoms with Crippen LogP contribution in [0.25, 0.3) is 23.4 Å². The lowest BCUT2D eigenvalue weighted by atomic mass is 9.93. The molecule has 0 unspecified atom stereocenters. The molecule has 0 aliphatic carbocycles. The van der Waals surface area contributed by atoms with Gasteiger partial charge in [0.25, 0.3) is 0 Å². The summed E-state index contributed by atoms with van der Waals surface area (Å²) >= 11 is 6.08. The summed E-state index contributed by atoms with van der Waals surface area (Å²) in [6.45, 7) is 5.65. The lowest BCUT2D eigenvalue weighted by Crippen LogP contribution is -2.43. The van der Waals surface area contributed by atoms with Gasteiger partial charge in [0.15, 0.2) is 0 Å². The number of carboxylic acid groups (broad SMARTS) is 1. The van der Waals surface area contributed by atoms with Gasteiger partial charge in [0, 0.05) is 41.6 Å². The molecule has 35 heavy (non-hydrogen) atoms. The van der Waals surface area contributed by atoms with Gasteiger partial charge in [-0.2, -0.15) is 0 Å². The van der Waals surface area contributed by atoms with Gasteiger partial charge < -0.3 is 9.94 Å². The SMILES string of the molecule is C=Cc1nc(-c2ccc(Cl)cc2)c(CCCCC(=O)O)cc1/C=C/ON1CC(c2ccccc2)C1. The predicted molar refractivity (Wildman–Crippen MR) is 141 cm³/mol. The summed E-state index contributed by atoms with van der Waals surface area (Å²) in [7, 11) is 0. The van der Waals surface area contributed by atoms with Gasteiger partial charge >= 0.3 is 5.97 Å². The van der Waals surface area contributed by atoms with Crippen LogP contribution in [0, 0.1) is 0 Å². The molecule has 1 N–H and O–H groups in total. The van der Waals surface area contributed by atoms with Crippen LogP contribution in [0.2, 0.25) is 5.02 Å². The number of unbranched alkanes of at least 4 members (excludes halogenated alkanes) is 1. The molecule has 6 heteroatoms. The van der Waals surface area contributed by atoms with Crippen molar-refractivity contribution in [2.45, 2.75) is 31.6 Å². The first-order chi connectivity index (χ1) is 17.0. The van der Waals surface area contributed by atoms with Gasteiger partial charge in [0.2, 0.25) is 0 Å². The minimum absolute atomic E-state index is 0.162. The quantitative estimate of drug-likeness (QED) is 0.236. The molecule has 1 fully saturated rings. The Labute approximate surface area is 211 Å². The largest absolute Gasteiger partial charge is 0.481 e. The molecule has 180 valence electrons. The van der Waals surface area contributed by atoms with E-state index in [1.54, 1.807) is 12.3 Å². The zero-order valence-corrected chi connectivity index (χ0v) is 20.3. The number of halogens is 1. The predicted octanol–water partition coefficient (Wildman–Crippen LogP) is 6.84. The maximum Gasteiger partial charge on any atom is 0.303 e. The van der Waals surface area contributed by atoms with Crippen molar-refractivity contribution < 1.29 is 14.7 Å². The first-order valence-corrected chi connectivity index (χ1v) is 12.2. The summed E-state index contributed by atoms with van der Waals surface area (Å²) in [6.07, 6.45) is 7.61. The molecule has 1 aliphatic heterocycles. The first-order valence-electron chi connectivity index (χ1n) is 11.8. The fourth-order valence-electron chi connectivity index (χ4n) is 4.17. The van der Waals surface area contributed by atoms with Crippen LogP contribution in [0.1, 0.15) is 47.6 Å². The van der Waals surface area contributed by atoms with Gasteiger partial charge in [-0.15, -0.1) is 5.06 Å². The molecule has 5 nitrogen and oxygen atoms in total. The van der Waals surface area contributed by atoms with Crippen LogP contribution in [0.3, 0.4) is 0 Å². The van der Waals surface area contributed by atoms with Crippen molar-refractivity contribution in [1.82, 2.24) is 10.0 Å². The van der Waals surface area contributed by atoms with Crippen molar-refractivity contribution in [1.29, 1.82) is 0 Å². The number of rotatable bonds is 11. The highest BCUT2D eigenvalue weighted by Gasteiger charge is 2.28. The summed E-state index contributed by atoms with van der Waals surface area (Å²) in [5.41, 5.74) is 5.88. The van der Waals surface area contributed by atoms with Crippen LogP contribution < -0.4 is 0 Å². The molecular weight excluding hydrogens is 460 g/mol. The van der Waals surface area contributed by atoms with Crippen LogP contribution in [-0.2, 0) is 16.1 Å². The lowest BCUT2D eigenvalue weighted by Gasteiger charge is -2.37. The van der Waals surface area contributed by atoms with E-state index < -0.39 is 5.97 Å². The Hall–Kier alpha value is -3.41. The third-order valence-corrected chi connectivity index (χ3v) is 6.39. The van der Waals surface area contributed by atoms with Gasteiger partial charge in [-0.25, -0.2) is 4.98 Å². The van der Waals surface area contributed by atoms with E-state index in [1.165, 1.54) is 5.56 Å². The maximum atomic E-state index is 10.9. The number of hydroxylamine groups is 2. The Kier molecular flexibility index (Phi) is 8.35. The Morgan fingerprint density at radius 1 is 1.14 bits per heavy atom. The summed E-state index contributed by atoms with van der Waals surface area (Å²) in [5.74, 6) is -0.282. The van der Waals surface area contributed by atoms with Gasteiger partial charge in [-0.1, -0.05) is 60.6 Å². The highest BCUT2D eigenvalue weighted by Crippen LogP contribution is 2.29.